The van der Waals surface area contributed by atoms with Crippen LogP contribution < -0.4 is 10.1 Å². The predicted octanol–water partition coefficient (Wildman–Crippen LogP) is 4.78. The van der Waals surface area contributed by atoms with E-state index in [0.717, 1.165) is 21.5 Å². The van der Waals surface area contributed by atoms with Crippen LogP contribution in [-0.2, 0) is 11.3 Å². The molecule has 0 spiro atoms. The van der Waals surface area contributed by atoms with Crippen LogP contribution in [0.15, 0.2) is 46.9 Å². The highest BCUT2D eigenvalue weighted by molar-refractivity contribution is 9.10. The summed E-state index contributed by atoms with van der Waals surface area (Å²) in [7, 11) is 3.37. The van der Waals surface area contributed by atoms with Gasteiger partial charge < -0.3 is 14.8 Å². The van der Waals surface area contributed by atoms with E-state index in [-0.39, 0.29) is 6.04 Å². The molecule has 4 heteroatoms. The summed E-state index contributed by atoms with van der Waals surface area (Å²) in [6.45, 7) is 2.68. The van der Waals surface area contributed by atoms with Crippen LogP contribution in [0.2, 0.25) is 0 Å². The highest BCUT2D eigenvalue weighted by Gasteiger charge is 2.10. The minimum absolute atomic E-state index is 0.195. The number of nitrogens with one attached hydrogen (secondary N) is 1. The predicted molar refractivity (Wildman–Crippen MR) is 89.9 cm³/mol. The first-order valence-corrected chi connectivity index (χ1v) is 7.61. The summed E-state index contributed by atoms with van der Waals surface area (Å²) in [6.07, 6.45) is 0. The average molecular weight is 350 g/mol. The third-order valence-corrected chi connectivity index (χ3v) is 3.81. The van der Waals surface area contributed by atoms with Crippen LogP contribution in [0.5, 0.6) is 5.75 Å². The van der Waals surface area contributed by atoms with E-state index in [9.17, 15) is 0 Å². The molecule has 2 aromatic rings. The van der Waals surface area contributed by atoms with Crippen LogP contribution in [0, 0.1) is 0 Å². The highest BCUT2D eigenvalue weighted by Crippen LogP contribution is 2.26. The zero-order chi connectivity index (χ0) is 15.2. The number of hydrogen-bond acceptors (Lipinski definition) is 3. The average Bonchev–Trinajstić information content (AvgIpc) is 2.47. The molecule has 0 amide bonds. The fourth-order valence-corrected chi connectivity index (χ4v) is 2.65. The van der Waals surface area contributed by atoms with Crippen molar-refractivity contribution in [2.24, 2.45) is 0 Å². The van der Waals surface area contributed by atoms with Gasteiger partial charge in [0.1, 0.15) is 5.75 Å². The summed E-state index contributed by atoms with van der Waals surface area (Å²) >= 11 is 3.49. The number of hydrogen-bond donors (Lipinski definition) is 1. The summed E-state index contributed by atoms with van der Waals surface area (Å²) in [6, 6.07) is 14.5. The fraction of sp³-hybridized carbons (Fsp3) is 0.294. The first kappa shape index (κ1) is 15.9. The van der Waals surface area contributed by atoms with Crippen molar-refractivity contribution in [2.45, 2.75) is 19.6 Å². The number of benzene rings is 2. The van der Waals surface area contributed by atoms with Crippen molar-refractivity contribution in [1.82, 2.24) is 0 Å². The third-order valence-electron chi connectivity index (χ3n) is 3.31. The Morgan fingerprint density at radius 1 is 1.14 bits per heavy atom. The van der Waals surface area contributed by atoms with E-state index in [1.165, 1.54) is 5.56 Å². The minimum atomic E-state index is 0.195. The molecule has 2 rings (SSSR count). The second-order valence-electron chi connectivity index (χ2n) is 4.88. The summed E-state index contributed by atoms with van der Waals surface area (Å²) in [5.41, 5.74) is 3.34. The molecule has 2 aromatic carbocycles. The third kappa shape index (κ3) is 4.22. The van der Waals surface area contributed by atoms with E-state index in [1.807, 2.05) is 18.2 Å². The Morgan fingerprint density at radius 3 is 2.62 bits per heavy atom. The van der Waals surface area contributed by atoms with Crippen LogP contribution in [0.25, 0.3) is 0 Å². The van der Waals surface area contributed by atoms with Gasteiger partial charge in [0.15, 0.2) is 0 Å². The molecule has 0 radical (unpaired) electrons. The molecule has 0 heterocycles. The normalized spacial score (nSPS) is 12.0. The standard InChI is InChI=1S/C17H20BrNO2/c1-12(19-16-6-4-5-15(18)10-16)13-7-8-17(21-3)14(9-13)11-20-2/h4-10,12,19H,11H2,1-3H3. The Hall–Kier alpha value is -1.52. The molecule has 0 aromatic heterocycles. The van der Waals surface area contributed by atoms with E-state index < -0.39 is 0 Å². The zero-order valence-corrected chi connectivity index (χ0v) is 14.1. The molecule has 3 nitrogen and oxygen atoms in total. The first-order chi connectivity index (χ1) is 10.1. The summed E-state index contributed by atoms with van der Waals surface area (Å²) in [5, 5.41) is 3.49. The largest absolute Gasteiger partial charge is 0.496 e. The molecule has 0 aliphatic rings. The maximum Gasteiger partial charge on any atom is 0.124 e. The molecule has 1 N–H and O–H groups in total. The van der Waals surface area contributed by atoms with Gasteiger partial charge >= 0.3 is 0 Å². The molecule has 0 aliphatic carbocycles. The topological polar surface area (TPSA) is 30.5 Å². The summed E-state index contributed by atoms with van der Waals surface area (Å²) in [4.78, 5) is 0. The highest BCUT2D eigenvalue weighted by atomic mass is 79.9. The Morgan fingerprint density at radius 2 is 1.95 bits per heavy atom. The zero-order valence-electron chi connectivity index (χ0n) is 12.5. The molecule has 1 atom stereocenters. The van der Waals surface area contributed by atoms with E-state index in [4.69, 9.17) is 9.47 Å². The second kappa shape index (κ2) is 7.48. The Balaban J connectivity index is 2.18. The van der Waals surface area contributed by atoms with Gasteiger partial charge in [-0.2, -0.15) is 0 Å². The van der Waals surface area contributed by atoms with Crippen LogP contribution >= 0.6 is 15.9 Å². The van der Waals surface area contributed by atoms with Gasteiger partial charge in [0.25, 0.3) is 0 Å². The number of halogens is 1. The van der Waals surface area contributed by atoms with Crippen LogP contribution in [0.1, 0.15) is 24.1 Å². The quantitative estimate of drug-likeness (QED) is 0.814. The number of methoxy groups -OCH3 is 2. The molecule has 21 heavy (non-hydrogen) atoms. The van der Waals surface area contributed by atoms with Gasteiger partial charge in [0.05, 0.1) is 13.7 Å². The first-order valence-electron chi connectivity index (χ1n) is 6.82. The van der Waals surface area contributed by atoms with Gasteiger partial charge in [-0.15, -0.1) is 0 Å². The fourth-order valence-electron chi connectivity index (χ4n) is 2.25. The maximum atomic E-state index is 5.36. The van der Waals surface area contributed by atoms with Crippen molar-refractivity contribution in [1.29, 1.82) is 0 Å². The van der Waals surface area contributed by atoms with Gasteiger partial charge in [0.2, 0.25) is 0 Å². The van der Waals surface area contributed by atoms with Crippen molar-refractivity contribution in [3.05, 3.63) is 58.1 Å². The molecule has 0 aliphatic heterocycles. The summed E-state index contributed by atoms with van der Waals surface area (Å²) < 4.78 is 11.7. The van der Waals surface area contributed by atoms with E-state index >= 15 is 0 Å². The van der Waals surface area contributed by atoms with Crippen molar-refractivity contribution >= 4 is 21.6 Å². The van der Waals surface area contributed by atoms with Gasteiger partial charge in [-0.05, 0) is 42.8 Å². The van der Waals surface area contributed by atoms with Crippen molar-refractivity contribution < 1.29 is 9.47 Å². The van der Waals surface area contributed by atoms with E-state index in [2.05, 4.69) is 52.4 Å². The van der Waals surface area contributed by atoms with Gasteiger partial charge in [-0.1, -0.05) is 28.1 Å². The Kier molecular flexibility index (Phi) is 5.65. The lowest BCUT2D eigenvalue weighted by molar-refractivity contribution is 0.181. The lowest BCUT2D eigenvalue weighted by Crippen LogP contribution is -2.07. The number of ether oxygens (including phenoxy) is 2. The van der Waals surface area contributed by atoms with E-state index in [1.54, 1.807) is 14.2 Å². The minimum Gasteiger partial charge on any atom is -0.496 e. The van der Waals surface area contributed by atoms with Crippen molar-refractivity contribution in [3.8, 4) is 5.75 Å². The van der Waals surface area contributed by atoms with Crippen molar-refractivity contribution in [2.75, 3.05) is 19.5 Å². The molecule has 0 fully saturated rings. The van der Waals surface area contributed by atoms with Gasteiger partial charge in [-0.25, -0.2) is 0 Å². The molecular weight excluding hydrogens is 330 g/mol. The molecular formula is C17H20BrNO2. The van der Waals surface area contributed by atoms with Crippen LogP contribution in [0.3, 0.4) is 0 Å². The molecule has 1 unspecified atom stereocenters. The van der Waals surface area contributed by atoms with E-state index in [0.29, 0.717) is 6.61 Å². The van der Waals surface area contributed by atoms with Gasteiger partial charge in [-0.3, -0.25) is 0 Å². The van der Waals surface area contributed by atoms with Crippen LogP contribution in [0.4, 0.5) is 5.69 Å². The number of rotatable bonds is 6. The van der Waals surface area contributed by atoms with Gasteiger partial charge in [0, 0.05) is 28.9 Å². The van der Waals surface area contributed by atoms with Crippen molar-refractivity contribution in [3.63, 3.8) is 0 Å². The van der Waals surface area contributed by atoms with Crippen LogP contribution in [-0.4, -0.2) is 14.2 Å². The monoisotopic (exact) mass is 349 g/mol. The molecule has 0 saturated heterocycles. The summed E-state index contributed by atoms with van der Waals surface area (Å²) in [5.74, 6) is 0.857. The molecule has 0 bridgehead atoms. The molecule has 112 valence electrons. The smallest absolute Gasteiger partial charge is 0.124 e. The lowest BCUT2D eigenvalue weighted by atomic mass is 10.0. The second-order valence-corrected chi connectivity index (χ2v) is 5.80. The SMILES string of the molecule is COCc1cc(C(C)Nc2cccc(Br)c2)ccc1OC. The maximum absolute atomic E-state index is 5.36. The Labute approximate surface area is 134 Å². The lowest BCUT2D eigenvalue weighted by Gasteiger charge is -2.18. The number of anilines is 1. The molecule has 0 saturated carbocycles. The Bertz CT molecular complexity index is 601.